The third-order valence-corrected chi connectivity index (χ3v) is 4.90. The molecule has 0 aliphatic carbocycles. The van der Waals surface area contributed by atoms with Crippen molar-refractivity contribution < 1.29 is 0 Å². The lowest BCUT2D eigenvalue weighted by Gasteiger charge is -2.26. The lowest BCUT2D eigenvalue weighted by molar-refractivity contribution is 0.569. The van der Waals surface area contributed by atoms with E-state index in [1.54, 1.807) is 11.3 Å². The second kappa shape index (κ2) is 5.63. The van der Waals surface area contributed by atoms with E-state index in [0.29, 0.717) is 5.15 Å². The number of aryl methyl sites for hydroxylation is 1. The van der Waals surface area contributed by atoms with E-state index in [1.807, 2.05) is 0 Å². The molecule has 2 aromatic rings. The minimum absolute atomic E-state index is 0.601. The van der Waals surface area contributed by atoms with Gasteiger partial charge in [0.15, 0.2) is 0 Å². The number of anilines is 1. The van der Waals surface area contributed by atoms with Gasteiger partial charge in [-0.3, -0.25) is 0 Å². The first-order chi connectivity index (χ1) is 9.28. The van der Waals surface area contributed by atoms with Crippen molar-refractivity contribution in [3.63, 3.8) is 0 Å². The number of halogens is 1. The number of hydrogen-bond acceptors (Lipinski definition) is 4. The Bertz CT molecular complexity index is 575. The van der Waals surface area contributed by atoms with E-state index in [-0.39, 0.29) is 0 Å². The molecule has 0 atom stereocenters. The number of nitrogens with zero attached hydrogens (tertiary/aromatic N) is 3. The Labute approximate surface area is 122 Å². The molecule has 5 heteroatoms. The largest absolute Gasteiger partial charge is 0.341 e. The van der Waals surface area contributed by atoms with E-state index in [0.717, 1.165) is 42.1 Å². The summed E-state index contributed by atoms with van der Waals surface area (Å²) in [6, 6.07) is 2.14. The predicted molar refractivity (Wildman–Crippen MR) is 82.5 cm³/mol. The first kappa shape index (κ1) is 13.1. The third kappa shape index (κ3) is 2.70. The van der Waals surface area contributed by atoms with Crippen LogP contribution < -0.4 is 4.90 Å². The fraction of sp³-hybridized carbons (Fsp3) is 0.571. The van der Waals surface area contributed by atoms with E-state index in [2.05, 4.69) is 22.9 Å². The van der Waals surface area contributed by atoms with Gasteiger partial charge in [0, 0.05) is 23.4 Å². The van der Waals surface area contributed by atoms with Gasteiger partial charge in [0.25, 0.3) is 0 Å². The average molecular weight is 296 g/mol. The maximum Gasteiger partial charge on any atom is 0.228 e. The maximum absolute atomic E-state index is 6.32. The second-order valence-electron chi connectivity index (χ2n) is 5.04. The van der Waals surface area contributed by atoms with Crippen molar-refractivity contribution in [3.05, 3.63) is 16.1 Å². The van der Waals surface area contributed by atoms with Crippen LogP contribution in [0.15, 0.2) is 6.07 Å². The fourth-order valence-electron chi connectivity index (χ4n) is 2.53. The van der Waals surface area contributed by atoms with Gasteiger partial charge in [-0.1, -0.05) is 24.9 Å². The molecule has 1 fully saturated rings. The van der Waals surface area contributed by atoms with Crippen molar-refractivity contribution in [1.29, 1.82) is 0 Å². The Morgan fingerprint density at radius 1 is 1.26 bits per heavy atom. The van der Waals surface area contributed by atoms with Crippen LogP contribution in [0, 0.1) is 0 Å². The Morgan fingerprint density at radius 2 is 2.05 bits per heavy atom. The van der Waals surface area contributed by atoms with Gasteiger partial charge in [0.2, 0.25) is 5.95 Å². The molecule has 2 aromatic heterocycles. The minimum atomic E-state index is 0.601. The molecule has 1 aliphatic rings. The van der Waals surface area contributed by atoms with Crippen LogP contribution >= 0.6 is 22.9 Å². The van der Waals surface area contributed by atoms with Gasteiger partial charge in [-0.25, -0.2) is 9.97 Å². The topological polar surface area (TPSA) is 29.0 Å². The number of thiophene rings is 1. The monoisotopic (exact) mass is 295 g/mol. The Balaban J connectivity index is 1.97. The Morgan fingerprint density at radius 3 is 2.79 bits per heavy atom. The lowest BCUT2D eigenvalue weighted by Crippen LogP contribution is -2.30. The number of aromatic nitrogens is 2. The summed E-state index contributed by atoms with van der Waals surface area (Å²) in [7, 11) is 0. The summed E-state index contributed by atoms with van der Waals surface area (Å²) in [5.74, 6) is 0.807. The molecule has 0 amide bonds. The van der Waals surface area contributed by atoms with Crippen molar-refractivity contribution in [3.8, 4) is 0 Å². The zero-order valence-corrected chi connectivity index (χ0v) is 12.7. The summed E-state index contributed by atoms with van der Waals surface area (Å²) in [5, 5.41) is 1.61. The predicted octanol–water partition coefficient (Wildman–Crippen LogP) is 4.29. The summed E-state index contributed by atoms with van der Waals surface area (Å²) in [5.41, 5.74) is 0. The van der Waals surface area contributed by atoms with Crippen LogP contribution in [-0.2, 0) is 6.42 Å². The molecule has 0 saturated carbocycles. The molecule has 0 aromatic carbocycles. The third-order valence-electron chi connectivity index (χ3n) is 3.52. The summed E-state index contributed by atoms with van der Waals surface area (Å²) in [4.78, 5) is 13.8. The Hall–Kier alpha value is -0.870. The average Bonchev–Trinajstić information content (AvgIpc) is 2.83. The molecule has 0 bridgehead atoms. The molecule has 3 nitrogen and oxygen atoms in total. The van der Waals surface area contributed by atoms with Crippen LogP contribution in [0.3, 0.4) is 0 Å². The smallest absolute Gasteiger partial charge is 0.228 e. The van der Waals surface area contributed by atoms with Crippen molar-refractivity contribution >= 4 is 39.1 Å². The molecule has 0 radical (unpaired) electrons. The SMILES string of the molecule is CCCc1cc2c(Cl)nc(N3CCCCC3)nc2s1. The molecular weight excluding hydrogens is 278 g/mol. The summed E-state index contributed by atoms with van der Waals surface area (Å²) < 4.78 is 0. The first-order valence-corrected chi connectivity index (χ1v) is 8.18. The second-order valence-corrected chi connectivity index (χ2v) is 6.52. The number of fused-ring (bicyclic) bond motifs is 1. The van der Waals surface area contributed by atoms with E-state index < -0.39 is 0 Å². The zero-order valence-electron chi connectivity index (χ0n) is 11.2. The van der Waals surface area contributed by atoms with Crippen LogP contribution in [-0.4, -0.2) is 23.1 Å². The van der Waals surface area contributed by atoms with Gasteiger partial charge in [-0.05, 0) is 31.7 Å². The van der Waals surface area contributed by atoms with Gasteiger partial charge in [-0.2, -0.15) is 0 Å². The lowest BCUT2D eigenvalue weighted by atomic mass is 10.1. The molecule has 1 aliphatic heterocycles. The van der Waals surface area contributed by atoms with E-state index in [1.165, 1.54) is 24.1 Å². The minimum Gasteiger partial charge on any atom is -0.341 e. The molecule has 3 rings (SSSR count). The molecule has 1 saturated heterocycles. The van der Waals surface area contributed by atoms with E-state index in [9.17, 15) is 0 Å². The summed E-state index contributed by atoms with van der Waals surface area (Å²) in [6.45, 7) is 4.29. The molecule has 3 heterocycles. The van der Waals surface area contributed by atoms with Gasteiger partial charge in [0.05, 0.1) is 0 Å². The van der Waals surface area contributed by atoms with Gasteiger partial charge in [-0.15, -0.1) is 11.3 Å². The molecular formula is C14H18ClN3S. The number of rotatable bonds is 3. The fourth-order valence-corrected chi connectivity index (χ4v) is 3.93. The highest BCUT2D eigenvalue weighted by Crippen LogP contribution is 2.31. The highest BCUT2D eigenvalue weighted by Gasteiger charge is 2.17. The number of hydrogen-bond donors (Lipinski definition) is 0. The van der Waals surface area contributed by atoms with Crippen LogP contribution in [0.1, 0.15) is 37.5 Å². The quantitative estimate of drug-likeness (QED) is 0.791. The van der Waals surface area contributed by atoms with Gasteiger partial charge in [0.1, 0.15) is 9.98 Å². The summed E-state index contributed by atoms with van der Waals surface area (Å²) >= 11 is 8.08. The van der Waals surface area contributed by atoms with Crippen LogP contribution in [0.2, 0.25) is 5.15 Å². The highest BCUT2D eigenvalue weighted by molar-refractivity contribution is 7.18. The van der Waals surface area contributed by atoms with Gasteiger partial charge < -0.3 is 4.90 Å². The van der Waals surface area contributed by atoms with E-state index >= 15 is 0 Å². The van der Waals surface area contributed by atoms with Crippen LogP contribution in [0.4, 0.5) is 5.95 Å². The molecule has 0 unspecified atom stereocenters. The zero-order chi connectivity index (χ0) is 13.2. The normalized spacial score (nSPS) is 16.2. The maximum atomic E-state index is 6.32. The highest BCUT2D eigenvalue weighted by atomic mass is 35.5. The van der Waals surface area contributed by atoms with Crippen molar-refractivity contribution in [2.24, 2.45) is 0 Å². The molecule has 0 spiro atoms. The van der Waals surface area contributed by atoms with E-state index in [4.69, 9.17) is 16.6 Å². The Kier molecular flexibility index (Phi) is 3.89. The van der Waals surface area contributed by atoms with Crippen LogP contribution in [0.25, 0.3) is 10.2 Å². The molecule has 0 N–H and O–H groups in total. The molecule has 19 heavy (non-hydrogen) atoms. The standard InChI is InChI=1S/C14H18ClN3S/c1-2-6-10-9-11-12(15)16-14(17-13(11)19-10)18-7-4-3-5-8-18/h9H,2-8H2,1H3. The van der Waals surface area contributed by atoms with Crippen molar-refractivity contribution in [2.75, 3.05) is 18.0 Å². The van der Waals surface area contributed by atoms with Crippen LogP contribution in [0.5, 0.6) is 0 Å². The van der Waals surface area contributed by atoms with Crippen molar-refractivity contribution in [1.82, 2.24) is 9.97 Å². The number of piperidine rings is 1. The summed E-state index contributed by atoms with van der Waals surface area (Å²) in [6.07, 6.45) is 6.01. The van der Waals surface area contributed by atoms with Crippen molar-refractivity contribution in [2.45, 2.75) is 39.0 Å². The van der Waals surface area contributed by atoms with Gasteiger partial charge >= 0.3 is 0 Å². The first-order valence-electron chi connectivity index (χ1n) is 6.99. The molecule has 102 valence electrons.